The van der Waals surface area contributed by atoms with E-state index in [1.165, 1.54) is 5.52 Å². The standard InChI is InChI=1S/C25H31N3O3/c1-30-20-12-14-21(15-13-20)31-18-5-4-17-28-23-8-3-2-7-22(23)27-24(28)9-6-16-26-25(29)19-10-11-19/h2-3,7-8,12-15,19H,4-6,9-11,16-18H2,1H3,(H,26,29). The van der Waals surface area contributed by atoms with E-state index in [0.29, 0.717) is 13.2 Å². The third-order valence-corrected chi connectivity index (χ3v) is 5.66. The van der Waals surface area contributed by atoms with Crippen LogP contribution in [-0.4, -0.2) is 35.7 Å². The first-order valence-corrected chi connectivity index (χ1v) is 11.2. The number of carbonyl (C=O) groups is 1. The predicted molar refractivity (Wildman–Crippen MR) is 122 cm³/mol. The quantitative estimate of drug-likeness (QED) is 0.441. The van der Waals surface area contributed by atoms with Crippen molar-refractivity contribution in [1.82, 2.24) is 14.9 Å². The molecule has 1 heterocycles. The molecule has 4 rings (SSSR count). The molecule has 1 fully saturated rings. The van der Waals surface area contributed by atoms with E-state index >= 15 is 0 Å². The number of carbonyl (C=O) groups excluding carboxylic acids is 1. The number of benzene rings is 2. The number of methoxy groups -OCH3 is 1. The first-order chi connectivity index (χ1) is 15.2. The number of hydrogen-bond acceptors (Lipinski definition) is 4. The van der Waals surface area contributed by atoms with Gasteiger partial charge in [-0.15, -0.1) is 0 Å². The van der Waals surface area contributed by atoms with Crippen molar-refractivity contribution < 1.29 is 14.3 Å². The van der Waals surface area contributed by atoms with Gasteiger partial charge in [-0.25, -0.2) is 4.98 Å². The molecule has 0 unspecified atom stereocenters. The highest BCUT2D eigenvalue weighted by Crippen LogP contribution is 2.28. The monoisotopic (exact) mass is 421 g/mol. The lowest BCUT2D eigenvalue weighted by Crippen LogP contribution is -2.26. The number of para-hydroxylation sites is 2. The normalized spacial score (nSPS) is 13.3. The molecule has 3 aromatic rings. The molecule has 1 amide bonds. The van der Waals surface area contributed by atoms with Crippen molar-refractivity contribution >= 4 is 16.9 Å². The van der Waals surface area contributed by atoms with Gasteiger partial charge >= 0.3 is 0 Å². The Morgan fingerprint density at radius 2 is 1.84 bits per heavy atom. The number of imidazole rings is 1. The van der Waals surface area contributed by atoms with Crippen molar-refractivity contribution in [2.45, 2.75) is 45.1 Å². The third kappa shape index (κ3) is 5.78. The summed E-state index contributed by atoms with van der Waals surface area (Å²) >= 11 is 0. The average molecular weight is 422 g/mol. The number of amides is 1. The van der Waals surface area contributed by atoms with Crippen LogP contribution in [0, 0.1) is 5.92 Å². The number of nitrogens with zero attached hydrogens (tertiary/aromatic N) is 2. The Hall–Kier alpha value is -3.02. The number of aryl methyl sites for hydroxylation is 2. The molecule has 1 saturated carbocycles. The lowest BCUT2D eigenvalue weighted by Gasteiger charge is -2.11. The molecule has 6 nitrogen and oxygen atoms in total. The molecule has 1 aliphatic carbocycles. The summed E-state index contributed by atoms with van der Waals surface area (Å²) in [7, 11) is 1.66. The summed E-state index contributed by atoms with van der Waals surface area (Å²) in [6.07, 6.45) is 5.84. The van der Waals surface area contributed by atoms with Crippen molar-refractivity contribution in [2.75, 3.05) is 20.3 Å². The highest BCUT2D eigenvalue weighted by molar-refractivity contribution is 5.80. The second-order valence-corrected chi connectivity index (χ2v) is 8.07. The van der Waals surface area contributed by atoms with E-state index in [1.54, 1.807) is 7.11 Å². The summed E-state index contributed by atoms with van der Waals surface area (Å²) in [4.78, 5) is 16.7. The van der Waals surface area contributed by atoms with Gasteiger partial charge in [-0.05, 0) is 68.5 Å². The minimum Gasteiger partial charge on any atom is -0.497 e. The number of nitrogens with one attached hydrogen (secondary N) is 1. The minimum absolute atomic E-state index is 0.213. The van der Waals surface area contributed by atoms with Crippen LogP contribution in [0.4, 0.5) is 0 Å². The van der Waals surface area contributed by atoms with Crippen molar-refractivity contribution in [1.29, 1.82) is 0 Å². The maximum Gasteiger partial charge on any atom is 0.223 e. The van der Waals surface area contributed by atoms with E-state index in [-0.39, 0.29) is 11.8 Å². The van der Waals surface area contributed by atoms with Crippen LogP contribution in [0.15, 0.2) is 48.5 Å². The van der Waals surface area contributed by atoms with Gasteiger partial charge < -0.3 is 19.4 Å². The summed E-state index contributed by atoms with van der Waals surface area (Å²) in [6, 6.07) is 16.0. The fraction of sp³-hybridized carbons (Fsp3) is 0.440. The summed E-state index contributed by atoms with van der Waals surface area (Å²) in [6.45, 7) is 2.31. The van der Waals surface area contributed by atoms with Gasteiger partial charge in [0.15, 0.2) is 0 Å². The summed E-state index contributed by atoms with van der Waals surface area (Å²) in [5, 5.41) is 3.05. The Balaban J connectivity index is 1.27. The number of rotatable bonds is 12. The number of aromatic nitrogens is 2. The number of ether oxygens (including phenoxy) is 2. The van der Waals surface area contributed by atoms with Crippen molar-refractivity contribution in [3.8, 4) is 11.5 Å². The summed E-state index contributed by atoms with van der Waals surface area (Å²) < 4.78 is 13.3. The molecule has 0 spiro atoms. The molecule has 164 valence electrons. The topological polar surface area (TPSA) is 65.4 Å². The molecule has 0 bridgehead atoms. The fourth-order valence-corrected chi connectivity index (χ4v) is 3.75. The second-order valence-electron chi connectivity index (χ2n) is 8.07. The first-order valence-electron chi connectivity index (χ1n) is 11.2. The van der Waals surface area contributed by atoms with Gasteiger partial charge in [0, 0.05) is 25.4 Å². The van der Waals surface area contributed by atoms with E-state index in [1.807, 2.05) is 30.3 Å². The number of hydrogen-bond donors (Lipinski definition) is 1. The minimum atomic E-state index is 0.213. The SMILES string of the molecule is COc1ccc(OCCCCn2c(CCCNC(=O)C3CC3)nc3ccccc32)cc1. The Labute approximate surface area is 183 Å². The van der Waals surface area contributed by atoms with Gasteiger partial charge in [0.1, 0.15) is 17.3 Å². The zero-order valence-electron chi connectivity index (χ0n) is 18.2. The lowest BCUT2D eigenvalue weighted by atomic mass is 10.2. The van der Waals surface area contributed by atoms with Crippen LogP contribution >= 0.6 is 0 Å². The molecule has 0 saturated heterocycles. The molecule has 0 radical (unpaired) electrons. The summed E-state index contributed by atoms with van der Waals surface area (Å²) in [5.41, 5.74) is 2.21. The van der Waals surface area contributed by atoms with Crippen molar-refractivity contribution in [3.63, 3.8) is 0 Å². The van der Waals surface area contributed by atoms with Gasteiger partial charge in [-0.2, -0.15) is 0 Å². The predicted octanol–water partition coefficient (Wildman–Crippen LogP) is 4.36. The van der Waals surface area contributed by atoms with E-state index < -0.39 is 0 Å². The largest absolute Gasteiger partial charge is 0.497 e. The fourth-order valence-electron chi connectivity index (χ4n) is 3.75. The van der Waals surface area contributed by atoms with Crippen LogP contribution in [-0.2, 0) is 17.8 Å². The van der Waals surface area contributed by atoms with Crippen LogP contribution in [0.1, 0.15) is 37.9 Å². The van der Waals surface area contributed by atoms with Crippen LogP contribution in [0.25, 0.3) is 11.0 Å². The zero-order chi connectivity index (χ0) is 21.5. The van der Waals surface area contributed by atoms with Gasteiger partial charge in [0.2, 0.25) is 5.91 Å². The van der Waals surface area contributed by atoms with E-state index in [2.05, 4.69) is 28.1 Å². The zero-order valence-corrected chi connectivity index (χ0v) is 18.2. The molecular weight excluding hydrogens is 390 g/mol. The molecule has 0 aliphatic heterocycles. The van der Waals surface area contributed by atoms with Gasteiger partial charge in [0.25, 0.3) is 0 Å². The van der Waals surface area contributed by atoms with Gasteiger partial charge in [-0.1, -0.05) is 12.1 Å². The maximum atomic E-state index is 11.8. The smallest absolute Gasteiger partial charge is 0.223 e. The third-order valence-electron chi connectivity index (χ3n) is 5.66. The van der Waals surface area contributed by atoms with Crippen LogP contribution in [0.2, 0.25) is 0 Å². The Kier molecular flexibility index (Phi) is 7.07. The van der Waals surface area contributed by atoms with Crippen molar-refractivity contribution in [3.05, 3.63) is 54.4 Å². The first kappa shape index (κ1) is 21.2. The van der Waals surface area contributed by atoms with Crippen LogP contribution in [0.5, 0.6) is 11.5 Å². The molecule has 6 heteroatoms. The molecule has 31 heavy (non-hydrogen) atoms. The highest BCUT2D eigenvalue weighted by atomic mass is 16.5. The Morgan fingerprint density at radius 1 is 1.06 bits per heavy atom. The van der Waals surface area contributed by atoms with Gasteiger partial charge in [0.05, 0.1) is 24.8 Å². The molecular formula is C25H31N3O3. The second kappa shape index (κ2) is 10.3. The van der Waals surface area contributed by atoms with Crippen LogP contribution in [0.3, 0.4) is 0 Å². The van der Waals surface area contributed by atoms with Crippen LogP contribution < -0.4 is 14.8 Å². The van der Waals surface area contributed by atoms with Gasteiger partial charge in [-0.3, -0.25) is 4.79 Å². The molecule has 2 aromatic carbocycles. The number of fused-ring (bicyclic) bond motifs is 1. The Morgan fingerprint density at radius 3 is 2.61 bits per heavy atom. The molecule has 0 atom stereocenters. The maximum absolute atomic E-state index is 11.8. The van der Waals surface area contributed by atoms with Crippen molar-refractivity contribution in [2.24, 2.45) is 5.92 Å². The highest BCUT2D eigenvalue weighted by Gasteiger charge is 2.29. The Bertz CT molecular complexity index is 993. The van der Waals surface area contributed by atoms with E-state index in [0.717, 1.165) is 67.9 Å². The lowest BCUT2D eigenvalue weighted by molar-refractivity contribution is -0.122. The van der Waals surface area contributed by atoms with E-state index in [9.17, 15) is 4.79 Å². The average Bonchev–Trinajstić information content (AvgIpc) is 3.60. The molecule has 1 aromatic heterocycles. The summed E-state index contributed by atoms with van der Waals surface area (Å²) in [5.74, 6) is 3.27. The molecule has 1 aliphatic rings. The molecule has 1 N–H and O–H groups in total. The van der Waals surface area contributed by atoms with E-state index in [4.69, 9.17) is 14.5 Å². The number of unbranched alkanes of at least 4 members (excludes halogenated alkanes) is 1.